The van der Waals surface area contributed by atoms with Crippen LogP contribution in [0.3, 0.4) is 0 Å². The maximum Gasteiger partial charge on any atom is 0.0468 e. The van der Waals surface area contributed by atoms with E-state index < -0.39 is 0 Å². The molecule has 2 aromatic carbocycles. The van der Waals surface area contributed by atoms with Crippen molar-refractivity contribution in [2.45, 2.75) is 19.5 Å². The largest absolute Gasteiger partial charge is 0.306 e. The minimum Gasteiger partial charge on any atom is -0.306 e. The molecule has 1 unspecified atom stereocenters. The molecule has 2 aromatic rings. The van der Waals surface area contributed by atoms with Crippen LogP contribution in [0, 0.1) is 3.57 Å². The Balaban J connectivity index is 2.01. The van der Waals surface area contributed by atoms with Gasteiger partial charge in [-0.05, 0) is 64.9 Å². The van der Waals surface area contributed by atoms with Gasteiger partial charge in [-0.15, -0.1) is 0 Å². The first-order valence-corrected chi connectivity index (χ1v) is 7.82. The first kappa shape index (κ1) is 15.1. The molecule has 0 aliphatic heterocycles. The summed E-state index contributed by atoms with van der Waals surface area (Å²) in [6.45, 7) is 2.92. The fourth-order valence-electron chi connectivity index (χ4n) is 1.84. The molecule has 1 N–H and O–H groups in total. The van der Waals surface area contributed by atoms with E-state index in [0.717, 1.165) is 12.1 Å². The van der Waals surface area contributed by atoms with Crippen LogP contribution in [0.5, 0.6) is 0 Å². The molecule has 0 saturated heterocycles. The summed E-state index contributed by atoms with van der Waals surface area (Å²) >= 11 is 14.4. The first-order chi connectivity index (χ1) is 9.06. The average molecular weight is 406 g/mol. The van der Waals surface area contributed by atoms with E-state index in [1.165, 1.54) is 9.13 Å². The van der Waals surface area contributed by atoms with Gasteiger partial charge in [0.05, 0.1) is 0 Å². The molecule has 0 amide bonds. The van der Waals surface area contributed by atoms with Gasteiger partial charge in [0.15, 0.2) is 0 Å². The Labute approximate surface area is 137 Å². The normalized spacial score (nSPS) is 12.4. The van der Waals surface area contributed by atoms with Crippen molar-refractivity contribution in [1.29, 1.82) is 0 Å². The summed E-state index contributed by atoms with van der Waals surface area (Å²) in [5.41, 5.74) is 2.33. The fourth-order valence-corrected chi connectivity index (χ4v) is 2.77. The Kier molecular flexibility index (Phi) is 5.51. The highest BCUT2D eigenvalue weighted by Gasteiger charge is 2.09. The summed E-state index contributed by atoms with van der Waals surface area (Å²) in [5.74, 6) is 0. The van der Waals surface area contributed by atoms with Crippen LogP contribution in [0.25, 0.3) is 0 Å². The highest BCUT2D eigenvalue weighted by atomic mass is 127. The third kappa shape index (κ3) is 4.35. The smallest absolute Gasteiger partial charge is 0.0468 e. The Hall–Kier alpha value is -0.290. The molecule has 0 radical (unpaired) electrons. The highest BCUT2D eigenvalue weighted by molar-refractivity contribution is 14.1. The zero-order chi connectivity index (χ0) is 13.8. The zero-order valence-electron chi connectivity index (χ0n) is 10.5. The van der Waals surface area contributed by atoms with E-state index in [9.17, 15) is 0 Å². The molecule has 0 spiro atoms. The minimum absolute atomic E-state index is 0.184. The molecule has 0 saturated carbocycles. The summed E-state index contributed by atoms with van der Waals surface area (Å²) < 4.78 is 1.25. The maximum atomic E-state index is 6.20. The van der Waals surface area contributed by atoms with E-state index in [1.807, 2.05) is 12.1 Å². The summed E-state index contributed by atoms with van der Waals surface area (Å²) in [6.07, 6.45) is 0. The van der Waals surface area contributed by atoms with Gasteiger partial charge in [0, 0.05) is 26.2 Å². The molecule has 0 aliphatic rings. The van der Waals surface area contributed by atoms with E-state index in [0.29, 0.717) is 10.0 Å². The van der Waals surface area contributed by atoms with Gasteiger partial charge in [0.2, 0.25) is 0 Å². The van der Waals surface area contributed by atoms with Crippen LogP contribution in [-0.4, -0.2) is 0 Å². The average Bonchev–Trinajstić information content (AvgIpc) is 2.37. The van der Waals surface area contributed by atoms with Crippen molar-refractivity contribution in [3.05, 3.63) is 67.2 Å². The molecular weight excluding hydrogens is 392 g/mol. The maximum absolute atomic E-state index is 6.20. The lowest BCUT2D eigenvalue weighted by Crippen LogP contribution is -2.18. The van der Waals surface area contributed by atoms with Crippen LogP contribution in [0.4, 0.5) is 0 Å². The predicted molar refractivity (Wildman–Crippen MR) is 90.9 cm³/mol. The summed E-state index contributed by atoms with van der Waals surface area (Å²) in [6, 6.07) is 14.3. The van der Waals surface area contributed by atoms with Crippen molar-refractivity contribution in [1.82, 2.24) is 5.32 Å². The van der Waals surface area contributed by atoms with Crippen LogP contribution in [0.15, 0.2) is 42.5 Å². The number of nitrogens with one attached hydrogen (secondary N) is 1. The minimum atomic E-state index is 0.184. The summed E-state index contributed by atoms with van der Waals surface area (Å²) in [4.78, 5) is 0. The SMILES string of the molecule is CC(NCc1ccc(I)cc1)c1ccc(Cl)cc1Cl. The molecule has 0 bridgehead atoms. The molecule has 0 aliphatic carbocycles. The standard InChI is InChI=1S/C15H14Cl2IN/c1-10(14-7-4-12(16)8-15(14)17)19-9-11-2-5-13(18)6-3-11/h2-8,10,19H,9H2,1H3. The third-order valence-corrected chi connectivity index (χ3v) is 4.24. The molecule has 1 atom stereocenters. The fraction of sp³-hybridized carbons (Fsp3) is 0.200. The molecule has 0 fully saturated rings. The van der Waals surface area contributed by atoms with E-state index >= 15 is 0 Å². The van der Waals surface area contributed by atoms with Gasteiger partial charge < -0.3 is 5.32 Å². The molecule has 0 aromatic heterocycles. The van der Waals surface area contributed by atoms with E-state index in [-0.39, 0.29) is 6.04 Å². The van der Waals surface area contributed by atoms with E-state index in [2.05, 4.69) is 59.1 Å². The van der Waals surface area contributed by atoms with Crippen molar-refractivity contribution in [3.8, 4) is 0 Å². The topological polar surface area (TPSA) is 12.0 Å². The lowest BCUT2D eigenvalue weighted by atomic mass is 10.1. The van der Waals surface area contributed by atoms with Gasteiger partial charge in [-0.3, -0.25) is 0 Å². The van der Waals surface area contributed by atoms with Crippen LogP contribution in [0.1, 0.15) is 24.1 Å². The van der Waals surface area contributed by atoms with Crippen molar-refractivity contribution in [3.63, 3.8) is 0 Å². The third-order valence-electron chi connectivity index (χ3n) is 2.95. The van der Waals surface area contributed by atoms with Crippen molar-refractivity contribution >= 4 is 45.8 Å². The number of halogens is 3. The first-order valence-electron chi connectivity index (χ1n) is 5.99. The zero-order valence-corrected chi connectivity index (χ0v) is 14.1. The van der Waals surface area contributed by atoms with Crippen molar-refractivity contribution < 1.29 is 0 Å². The molecule has 19 heavy (non-hydrogen) atoms. The second-order valence-corrected chi connectivity index (χ2v) is 6.48. The predicted octanol–water partition coefficient (Wildman–Crippen LogP) is 5.45. The number of hydrogen-bond acceptors (Lipinski definition) is 1. The van der Waals surface area contributed by atoms with Gasteiger partial charge in [-0.1, -0.05) is 41.4 Å². The second kappa shape index (κ2) is 6.93. The Bertz CT molecular complexity index is 555. The van der Waals surface area contributed by atoms with Crippen LogP contribution in [-0.2, 0) is 6.54 Å². The Morgan fingerprint density at radius 3 is 2.42 bits per heavy atom. The van der Waals surface area contributed by atoms with Crippen molar-refractivity contribution in [2.75, 3.05) is 0 Å². The van der Waals surface area contributed by atoms with Crippen molar-refractivity contribution in [2.24, 2.45) is 0 Å². The molecule has 2 rings (SSSR count). The van der Waals surface area contributed by atoms with E-state index in [4.69, 9.17) is 23.2 Å². The number of rotatable bonds is 4. The molecule has 100 valence electrons. The number of benzene rings is 2. The van der Waals surface area contributed by atoms with Gasteiger partial charge in [0.25, 0.3) is 0 Å². The monoisotopic (exact) mass is 405 g/mol. The molecule has 0 heterocycles. The second-order valence-electron chi connectivity index (χ2n) is 4.39. The lowest BCUT2D eigenvalue weighted by molar-refractivity contribution is 0.575. The molecule has 4 heteroatoms. The quantitative estimate of drug-likeness (QED) is 0.667. The van der Waals surface area contributed by atoms with Gasteiger partial charge in [-0.2, -0.15) is 0 Å². The van der Waals surface area contributed by atoms with Crippen LogP contribution in [0.2, 0.25) is 10.0 Å². The van der Waals surface area contributed by atoms with Gasteiger partial charge in [0.1, 0.15) is 0 Å². The van der Waals surface area contributed by atoms with E-state index in [1.54, 1.807) is 6.07 Å². The lowest BCUT2D eigenvalue weighted by Gasteiger charge is -2.16. The molecule has 1 nitrogen and oxygen atoms in total. The summed E-state index contributed by atoms with van der Waals surface area (Å²) in [5, 5.41) is 4.83. The van der Waals surface area contributed by atoms with Crippen LogP contribution < -0.4 is 5.32 Å². The van der Waals surface area contributed by atoms with Gasteiger partial charge >= 0.3 is 0 Å². The molecular formula is C15H14Cl2IN. The van der Waals surface area contributed by atoms with Gasteiger partial charge in [-0.25, -0.2) is 0 Å². The summed E-state index contributed by atoms with van der Waals surface area (Å²) in [7, 11) is 0. The highest BCUT2D eigenvalue weighted by Crippen LogP contribution is 2.26. The number of hydrogen-bond donors (Lipinski definition) is 1. The Morgan fingerprint density at radius 1 is 1.11 bits per heavy atom. The van der Waals surface area contributed by atoms with Crippen LogP contribution >= 0.6 is 45.8 Å². The Morgan fingerprint density at radius 2 is 1.79 bits per heavy atom.